The van der Waals surface area contributed by atoms with E-state index < -0.39 is 6.04 Å². The number of amides is 3. The molecule has 0 radical (unpaired) electrons. The minimum atomic E-state index is -0.593. The maximum Gasteiger partial charge on any atom is 0.243 e. The molecule has 0 aliphatic heterocycles. The second-order valence-corrected chi connectivity index (χ2v) is 9.06. The molecule has 0 unspecified atom stereocenters. The molecule has 3 amide bonds. The van der Waals surface area contributed by atoms with E-state index in [2.05, 4.69) is 16.0 Å². The second kappa shape index (κ2) is 7.57. The number of rotatable bonds is 7. The summed E-state index contributed by atoms with van der Waals surface area (Å²) in [5, 5.41) is 8.37. The maximum absolute atomic E-state index is 13.2. The molecule has 4 saturated carbocycles. The van der Waals surface area contributed by atoms with Crippen LogP contribution in [-0.2, 0) is 14.4 Å². The van der Waals surface area contributed by atoms with Crippen LogP contribution in [0.5, 0.6) is 0 Å². The zero-order chi connectivity index (χ0) is 18.9. The lowest BCUT2D eigenvalue weighted by atomic mass is 9.49. The SMILES string of the molecule is CCNC(=O)CNC(=O)[C@@H](NC(=O)C12CC3CC(CC(C3)C1)C2)C(C)C. The van der Waals surface area contributed by atoms with Crippen LogP contribution in [0, 0.1) is 29.1 Å². The fourth-order valence-corrected chi connectivity index (χ4v) is 5.76. The van der Waals surface area contributed by atoms with Gasteiger partial charge in [-0.3, -0.25) is 14.4 Å². The molecule has 4 bridgehead atoms. The first-order chi connectivity index (χ1) is 12.3. The number of likely N-dealkylation sites (N-methyl/N-ethyl adjacent to an activating group) is 1. The Bertz CT molecular complexity index is 537. The van der Waals surface area contributed by atoms with Gasteiger partial charge in [-0.2, -0.15) is 0 Å². The van der Waals surface area contributed by atoms with E-state index in [0.29, 0.717) is 24.3 Å². The van der Waals surface area contributed by atoms with Crippen LogP contribution in [0.2, 0.25) is 0 Å². The van der Waals surface area contributed by atoms with Crippen LogP contribution in [0.25, 0.3) is 0 Å². The van der Waals surface area contributed by atoms with Gasteiger partial charge in [0.05, 0.1) is 6.54 Å². The molecule has 146 valence electrons. The van der Waals surface area contributed by atoms with Gasteiger partial charge < -0.3 is 16.0 Å². The molecule has 4 rings (SSSR count). The molecule has 4 aliphatic carbocycles. The fraction of sp³-hybridized carbons (Fsp3) is 0.850. The van der Waals surface area contributed by atoms with E-state index in [-0.39, 0.29) is 35.6 Å². The third-order valence-electron chi connectivity index (χ3n) is 6.55. The van der Waals surface area contributed by atoms with Crippen molar-refractivity contribution in [2.75, 3.05) is 13.1 Å². The van der Waals surface area contributed by atoms with Gasteiger partial charge in [-0.15, -0.1) is 0 Å². The van der Waals surface area contributed by atoms with Crippen molar-refractivity contribution in [3.8, 4) is 0 Å². The summed E-state index contributed by atoms with van der Waals surface area (Å²) in [4.78, 5) is 37.3. The Labute approximate surface area is 156 Å². The smallest absolute Gasteiger partial charge is 0.243 e. The highest BCUT2D eigenvalue weighted by Crippen LogP contribution is 2.60. The molecule has 6 heteroatoms. The minimum Gasteiger partial charge on any atom is -0.355 e. The lowest BCUT2D eigenvalue weighted by Gasteiger charge is -2.55. The molecular formula is C20H33N3O3. The highest BCUT2D eigenvalue weighted by Gasteiger charge is 2.55. The minimum absolute atomic E-state index is 0.0258. The summed E-state index contributed by atoms with van der Waals surface area (Å²) < 4.78 is 0. The summed E-state index contributed by atoms with van der Waals surface area (Å²) in [6.07, 6.45) is 6.80. The Hall–Kier alpha value is -1.59. The van der Waals surface area contributed by atoms with E-state index in [1.165, 1.54) is 19.3 Å². The lowest BCUT2D eigenvalue weighted by Crippen LogP contribution is -2.58. The van der Waals surface area contributed by atoms with Crippen molar-refractivity contribution in [2.45, 2.75) is 65.3 Å². The highest BCUT2D eigenvalue weighted by atomic mass is 16.2. The van der Waals surface area contributed by atoms with Crippen molar-refractivity contribution in [1.82, 2.24) is 16.0 Å². The van der Waals surface area contributed by atoms with Crippen LogP contribution in [0.1, 0.15) is 59.3 Å². The molecule has 0 aromatic carbocycles. The Kier molecular flexibility index (Phi) is 5.58. The van der Waals surface area contributed by atoms with Crippen LogP contribution in [0.4, 0.5) is 0 Å². The average molecular weight is 364 g/mol. The molecule has 26 heavy (non-hydrogen) atoms. The van der Waals surface area contributed by atoms with E-state index in [0.717, 1.165) is 19.3 Å². The molecule has 3 N–H and O–H groups in total. The molecule has 0 spiro atoms. The van der Waals surface area contributed by atoms with Crippen LogP contribution in [0.3, 0.4) is 0 Å². The first-order valence-corrected chi connectivity index (χ1v) is 10.2. The standard InChI is InChI=1S/C20H33N3O3/c1-4-21-16(24)11-22-18(25)17(12(2)3)23-19(26)20-8-13-5-14(9-20)7-15(6-13)10-20/h12-15,17H,4-11H2,1-3H3,(H,21,24)(H,22,25)(H,23,26)/t13?,14?,15?,17-,20?/m0/s1. The normalized spacial score (nSPS) is 33.0. The molecule has 0 heterocycles. The molecule has 0 saturated heterocycles. The van der Waals surface area contributed by atoms with Gasteiger partial charge in [-0.1, -0.05) is 13.8 Å². The topological polar surface area (TPSA) is 87.3 Å². The van der Waals surface area contributed by atoms with Gasteiger partial charge in [0, 0.05) is 12.0 Å². The second-order valence-electron chi connectivity index (χ2n) is 9.06. The van der Waals surface area contributed by atoms with Gasteiger partial charge in [0.15, 0.2) is 0 Å². The van der Waals surface area contributed by atoms with Gasteiger partial charge in [-0.25, -0.2) is 0 Å². The third kappa shape index (κ3) is 3.89. The Balaban J connectivity index is 1.62. The molecule has 6 nitrogen and oxygen atoms in total. The average Bonchev–Trinajstić information content (AvgIpc) is 2.56. The van der Waals surface area contributed by atoms with Crippen molar-refractivity contribution >= 4 is 17.7 Å². The van der Waals surface area contributed by atoms with Crippen LogP contribution in [0.15, 0.2) is 0 Å². The van der Waals surface area contributed by atoms with Gasteiger partial charge in [0.2, 0.25) is 17.7 Å². The van der Waals surface area contributed by atoms with E-state index in [1.807, 2.05) is 20.8 Å². The van der Waals surface area contributed by atoms with Crippen molar-refractivity contribution < 1.29 is 14.4 Å². The van der Waals surface area contributed by atoms with Crippen molar-refractivity contribution in [1.29, 1.82) is 0 Å². The molecular weight excluding hydrogens is 330 g/mol. The van der Waals surface area contributed by atoms with Gasteiger partial charge >= 0.3 is 0 Å². The van der Waals surface area contributed by atoms with Crippen LogP contribution in [-0.4, -0.2) is 36.9 Å². The predicted molar refractivity (Wildman–Crippen MR) is 99.1 cm³/mol. The molecule has 0 aromatic rings. The van der Waals surface area contributed by atoms with Gasteiger partial charge in [0.1, 0.15) is 6.04 Å². The summed E-state index contributed by atoms with van der Waals surface area (Å²) in [5.74, 6) is 1.62. The van der Waals surface area contributed by atoms with Crippen LogP contribution >= 0.6 is 0 Å². The zero-order valence-corrected chi connectivity index (χ0v) is 16.3. The molecule has 4 fully saturated rings. The number of carbonyl (C=O) groups excluding carboxylic acids is 3. The lowest BCUT2D eigenvalue weighted by molar-refractivity contribution is -0.149. The molecule has 0 aromatic heterocycles. The summed E-state index contributed by atoms with van der Waals surface area (Å²) in [7, 11) is 0. The number of carbonyl (C=O) groups is 3. The first kappa shape index (κ1) is 19.2. The van der Waals surface area contributed by atoms with E-state index >= 15 is 0 Å². The maximum atomic E-state index is 13.2. The fourth-order valence-electron chi connectivity index (χ4n) is 5.76. The van der Waals surface area contributed by atoms with Crippen molar-refractivity contribution in [3.05, 3.63) is 0 Å². The van der Waals surface area contributed by atoms with Gasteiger partial charge in [-0.05, 0) is 69.1 Å². The summed E-state index contributed by atoms with van der Waals surface area (Å²) in [6, 6.07) is -0.593. The first-order valence-electron chi connectivity index (χ1n) is 10.2. The van der Waals surface area contributed by atoms with E-state index in [9.17, 15) is 14.4 Å². The van der Waals surface area contributed by atoms with Crippen molar-refractivity contribution in [2.24, 2.45) is 29.1 Å². The summed E-state index contributed by atoms with van der Waals surface area (Å²) in [6.45, 7) is 6.17. The third-order valence-corrected chi connectivity index (χ3v) is 6.55. The van der Waals surface area contributed by atoms with E-state index in [4.69, 9.17) is 0 Å². The van der Waals surface area contributed by atoms with E-state index in [1.54, 1.807) is 0 Å². The van der Waals surface area contributed by atoms with Gasteiger partial charge in [0.25, 0.3) is 0 Å². The monoisotopic (exact) mass is 363 g/mol. The number of hydrogen-bond acceptors (Lipinski definition) is 3. The predicted octanol–water partition coefficient (Wildman–Crippen LogP) is 1.60. The molecule has 4 aliphatic rings. The Morgan fingerprint density at radius 1 is 0.962 bits per heavy atom. The van der Waals surface area contributed by atoms with Crippen molar-refractivity contribution in [3.63, 3.8) is 0 Å². The quantitative estimate of drug-likeness (QED) is 0.642. The number of hydrogen-bond donors (Lipinski definition) is 3. The van der Waals surface area contributed by atoms with Crippen LogP contribution < -0.4 is 16.0 Å². The zero-order valence-electron chi connectivity index (χ0n) is 16.3. The number of nitrogens with one attached hydrogen (secondary N) is 3. The molecule has 1 atom stereocenters. The highest BCUT2D eigenvalue weighted by molar-refractivity contribution is 5.92. The summed E-state index contributed by atoms with van der Waals surface area (Å²) in [5.41, 5.74) is -0.262. The Morgan fingerprint density at radius 3 is 1.96 bits per heavy atom. The summed E-state index contributed by atoms with van der Waals surface area (Å²) >= 11 is 0. The largest absolute Gasteiger partial charge is 0.355 e. The Morgan fingerprint density at radius 2 is 1.50 bits per heavy atom.